The van der Waals surface area contributed by atoms with Gasteiger partial charge in [0.1, 0.15) is 6.61 Å². The number of carbonyl (C=O) groups is 1. The molecule has 1 aliphatic rings. The van der Waals surface area contributed by atoms with Gasteiger partial charge in [-0.05, 0) is 67.2 Å². The minimum atomic E-state index is -0.759. The highest BCUT2D eigenvalue weighted by molar-refractivity contribution is 7.07. The summed E-state index contributed by atoms with van der Waals surface area (Å²) in [7, 11) is 0. The maximum Gasteiger partial charge on any atom is 0.338 e. The average Bonchev–Trinajstić information content (AvgIpc) is 3.45. The summed E-state index contributed by atoms with van der Waals surface area (Å²) in [5.74, 6) is 0.945. The molecule has 9 heteroatoms. The summed E-state index contributed by atoms with van der Waals surface area (Å²) < 4.78 is 20.1. The second kappa shape index (κ2) is 16.4. The van der Waals surface area contributed by atoms with Crippen LogP contribution in [0.3, 0.4) is 0 Å². The zero-order valence-corrected chi connectivity index (χ0v) is 31.3. The number of fused-ring (bicyclic) bond motifs is 1. The molecule has 1 aliphatic heterocycles. The maximum atomic E-state index is 14.5. The second-order valence-corrected chi connectivity index (χ2v) is 14.0. The van der Waals surface area contributed by atoms with Crippen LogP contribution in [0.4, 0.5) is 0 Å². The fourth-order valence-electron chi connectivity index (χ4n) is 6.24. The van der Waals surface area contributed by atoms with Crippen molar-refractivity contribution in [1.29, 1.82) is 0 Å². The summed E-state index contributed by atoms with van der Waals surface area (Å²) in [6.07, 6.45) is 4.15. The highest BCUT2D eigenvalue weighted by Gasteiger charge is 2.35. The molecule has 1 aromatic heterocycles. The number of esters is 1. The smallest absolute Gasteiger partial charge is 0.338 e. The largest absolute Gasteiger partial charge is 0.490 e. The van der Waals surface area contributed by atoms with E-state index in [0.29, 0.717) is 56.1 Å². The molecule has 0 fully saturated rings. The van der Waals surface area contributed by atoms with Crippen LogP contribution >= 0.6 is 22.9 Å². The summed E-state index contributed by atoms with van der Waals surface area (Å²) in [6, 6.07) is 28.3. The van der Waals surface area contributed by atoms with Crippen molar-refractivity contribution in [1.82, 2.24) is 4.57 Å². The molecule has 0 unspecified atom stereocenters. The Hall–Kier alpha value is -5.18. The number of hydrogen-bond donors (Lipinski definition) is 0. The molecular weight excluding hydrogens is 692 g/mol. The predicted octanol–water partition coefficient (Wildman–Crippen LogP) is 8.42. The van der Waals surface area contributed by atoms with E-state index in [4.69, 9.17) is 30.8 Å². The van der Waals surface area contributed by atoms with Crippen molar-refractivity contribution in [2.75, 3.05) is 13.2 Å². The molecular formula is C43H41ClN2O5S. The highest BCUT2D eigenvalue weighted by atomic mass is 35.5. The van der Waals surface area contributed by atoms with Crippen molar-refractivity contribution in [2.24, 2.45) is 4.99 Å². The Labute approximate surface area is 312 Å². The molecule has 2 heterocycles. The van der Waals surface area contributed by atoms with Gasteiger partial charge in [-0.25, -0.2) is 9.79 Å². The monoisotopic (exact) mass is 732 g/mol. The highest BCUT2D eigenvalue weighted by Crippen LogP contribution is 2.37. The number of halogens is 1. The number of nitrogens with zero attached hydrogens (tertiary/aromatic N) is 2. The summed E-state index contributed by atoms with van der Waals surface area (Å²) in [5.41, 5.74) is 5.69. The van der Waals surface area contributed by atoms with Gasteiger partial charge in [0.25, 0.3) is 5.56 Å². The lowest BCUT2D eigenvalue weighted by atomic mass is 9.91. The molecule has 4 aromatic carbocycles. The molecule has 52 heavy (non-hydrogen) atoms. The third-order valence-corrected chi connectivity index (χ3v) is 10.1. The van der Waals surface area contributed by atoms with E-state index in [1.54, 1.807) is 17.6 Å². The molecule has 0 N–H and O–H groups in total. The zero-order valence-electron chi connectivity index (χ0n) is 29.7. The fraction of sp³-hybridized carbons (Fsp3) is 0.233. The SMILES string of the molecule is C=CCc1cc(/C=c2/sc3n(c2=O)[C@H](c2ccc(C(C)C)cc2)C(C(=O)OCC)=C(c2ccccc2)N=3)cc(OCC)c1OCc1ccccc1Cl. The van der Waals surface area contributed by atoms with Gasteiger partial charge in [0.2, 0.25) is 0 Å². The molecule has 6 rings (SSSR count). The topological polar surface area (TPSA) is 79.1 Å². The van der Waals surface area contributed by atoms with Gasteiger partial charge in [0, 0.05) is 21.7 Å². The fourth-order valence-corrected chi connectivity index (χ4v) is 7.43. The van der Waals surface area contributed by atoms with Crippen LogP contribution in [0, 0.1) is 0 Å². The number of aromatic nitrogens is 1. The van der Waals surface area contributed by atoms with Crippen molar-refractivity contribution in [3.63, 3.8) is 0 Å². The van der Waals surface area contributed by atoms with Crippen LogP contribution in [0.25, 0.3) is 11.8 Å². The third-order valence-electron chi connectivity index (χ3n) is 8.74. The van der Waals surface area contributed by atoms with E-state index in [1.807, 2.05) is 104 Å². The van der Waals surface area contributed by atoms with Gasteiger partial charge in [0.05, 0.1) is 35.1 Å². The van der Waals surface area contributed by atoms with Gasteiger partial charge < -0.3 is 14.2 Å². The van der Waals surface area contributed by atoms with Crippen LogP contribution in [0.15, 0.2) is 119 Å². The number of carbonyl (C=O) groups excluding carboxylic acids is 1. The molecule has 0 radical (unpaired) electrons. The quantitative estimate of drug-likeness (QED) is 0.0898. The molecule has 0 bridgehead atoms. The van der Waals surface area contributed by atoms with Crippen molar-refractivity contribution < 1.29 is 19.0 Å². The van der Waals surface area contributed by atoms with Crippen LogP contribution in [0.1, 0.15) is 73.0 Å². The van der Waals surface area contributed by atoms with Crippen LogP contribution in [0.2, 0.25) is 5.02 Å². The van der Waals surface area contributed by atoms with E-state index < -0.39 is 12.0 Å². The molecule has 5 aromatic rings. The lowest BCUT2D eigenvalue weighted by molar-refractivity contribution is -0.138. The first-order valence-electron chi connectivity index (χ1n) is 17.4. The molecule has 0 saturated carbocycles. The number of allylic oxidation sites excluding steroid dienone is 1. The molecule has 0 aliphatic carbocycles. The van der Waals surface area contributed by atoms with Gasteiger partial charge in [-0.15, -0.1) is 6.58 Å². The standard InChI is InChI=1S/C43H41ClN2O5S/c1-6-14-32-23-28(24-35(49-7-2)40(32)51-26-33-17-12-13-18-34(33)44)25-36-41(47)46-39(31-21-19-29(20-22-31)27(4)5)37(42(48)50-8-3)38(45-43(46)52-36)30-15-10-9-11-16-30/h6,9-13,15-25,27,39H,1,7-8,14,26H2,2-5H3/b36-25+/t39-/m1/s1. The number of rotatable bonds is 13. The Kier molecular flexibility index (Phi) is 11.6. The van der Waals surface area contributed by atoms with Crippen molar-refractivity contribution in [3.8, 4) is 11.5 Å². The van der Waals surface area contributed by atoms with E-state index >= 15 is 0 Å². The molecule has 1 atom stereocenters. The first kappa shape index (κ1) is 36.6. The summed E-state index contributed by atoms with van der Waals surface area (Å²) >= 11 is 7.70. The number of hydrogen-bond acceptors (Lipinski definition) is 7. The first-order chi connectivity index (χ1) is 25.2. The number of benzene rings is 4. The van der Waals surface area contributed by atoms with E-state index in [0.717, 1.165) is 33.4 Å². The van der Waals surface area contributed by atoms with Crippen LogP contribution in [-0.2, 0) is 22.6 Å². The van der Waals surface area contributed by atoms with Crippen molar-refractivity contribution in [2.45, 2.75) is 52.7 Å². The first-order valence-corrected chi connectivity index (χ1v) is 18.6. The van der Waals surface area contributed by atoms with Gasteiger partial charge in [-0.3, -0.25) is 9.36 Å². The second-order valence-electron chi connectivity index (χ2n) is 12.6. The maximum absolute atomic E-state index is 14.5. The number of ether oxygens (including phenoxy) is 3. The Morgan fingerprint density at radius 1 is 0.962 bits per heavy atom. The Bertz CT molecular complexity index is 2310. The Balaban J connectivity index is 1.53. The molecule has 0 saturated heterocycles. The van der Waals surface area contributed by atoms with E-state index in [9.17, 15) is 9.59 Å². The molecule has 266 valence electrons. The normalized spacial score (nSPS) is 14.2. The average molecular weight is 733 g/mol. The van der Waals surface area contributed by atoms with Crippen molar-refractivity contribution in [3.05, 3.63) is 167 Å². The molecule has 7 nitrogen and oxygen atoms in total. The summed E-state index contributed by atoms with van der Waals surface area (Å²) in [6.45, 7) is 12.8. The van der Waals surface area contributed by atoms with Gasteiger partial charge in [-0.1, -0.05) is 116 Å². The third kappa shape index (κ3) is 7.69. The Morgan fingerprint density at radius 3 is 2.37 bits per heavy atom. The lowest BCUT2D eigenvalue weighted by Crippen LogP contribution is -2.40. The molecule has 0 amide bonds. The molecule has 0 spiro atoms. The number of thiazole rings is 1. The van der Waals surface area contributed by atoms with Gasteiger partial charge in [0.15, 0.2) is 16.3 Å². The van der Waals surface area contributed by atoms with Gasteiger partial charge >= 0.3 is 5.97 Å². The van der Waals surface area contributed by atoms with E-state index in [1.165, 1.54) is 11.3 Å². The predicted molar refractivity (Wildman–Crippen MR) is 209 cm³/mol. The van der Waals surface area contributed by atoms with Crippen LogP contribution in [-0.4, -0.2) is 23.8 Å². The lowest BCUT2D eigenvalue weighted by Gasteiger charge is -2.26. The van der Waals surface area contributed by atoms with Gasteiger partial charge in [-0.2, -0.15) is 0 Å². The van der Waals surface area contributed by atoms with E-state index in [2.05, 4.69) is 20.4 Å². The minimum absolute atomic E-state index is 0.182. The Morgan fingerprint density at radius 2 is 1.69 bits per heavy atom. The zero-order chi connectivity index (χ0) is 36.8. The van der Waals surface area contributed by atoms with Crippen LogP contribution in [0.5, 0.6) is 11.5 Å². The van der Waals surface area contributed by atoms with Crippen molar-refractivity contribution >= 4 is 40.7 Å². The minimum Gasteiger partial charge on any atom is -0.490 e. The summed E-state index contributed by atoms with van der Waals surface area (Å²) in [4.78, 5) is 33.9. The summed E-state index contributed by atoms with van der Waals surface area (Å²) in [5, 5.41) is 0.619. The van der Waals surface area contributed by atoms with Crippen LogP contribution < -0.4 is 24.4 Å². The van der Waals surface area contributed by atoms with E-state index in [-0.39, 0.29) is 18.8 Å².